The molecule has 0 amide bonds. The summed E-state index contributed by atoms with van der Waals surface area (Å²) in [5.41, 5.74) is 1.70. The van der Waals surface area contributed by atoms with Crippen LogP contribution in [0, 0.1) is 11.6 Å². The van der Waals surface area contributed by atoms with Gasteiger partial charge >= 0.3 is 0 Å². The van der Waals surface area contributed by atoms with Gasteiger partial charge in [0.2, 0.25) is 0 Å². The van der Waals surface area contributed by atoms with E-state index in [-0.39, 0.29) is 23.8 Å². The van der Waals surface area contributed by atoms with Crippen molar-refractivity contribution in [1.82, 2.24) is 5.32 Å². The minimum Gasteiger partial charge on any atom is -0.491 e. The molecule has 27 heavy (non-hydrogen) atoms. The molecule has 2 atom stereocenters. The molecule has 0 unspecified atom stereocenters. The van der Waals surface area contributed by atoms with Crippen molar-refractivity contribution in [1.29, 1.82) is 0 Å². The fourth-order valence-corrected chi connectivity index (χ4v) is 3.07. The fraction of sp³-hybridized carbons (Fsp3) is 0.429. The highest BCUT2D eigenvalue weighted by Gasteiger charge is 2.27. The summed E-state index contributed by atoms with van der Waals surface area (Å²) in [4.78, 5) is 0. The molecular weight excluding hydrogens is 352 g/mol. The molecular formula is C21H25F2NO3. The van der Waals surface area contributed by atoms with Crippen LogP contribution in [0.3, 0.4) is 0 Å². The van der Waals surface area contributed by atoms with Crippen molar-refractivity contribution in [3.8, 4) is 5.75 Å². The minimum absolute atomic E-state index is 0.0194. The molecule has 2 aromatic carbocycles. The number of hydrogen-bond acceptors (Lipinski definition) is 4. The monoisotopic (exact) mass is 377 g/mol. The Kier molecular flexibility index (Phi) is 6.77. The number of nitrogens with one attached hydrogen (secondary N) is 1. The lowest BCUT2D eigenvalue weighted by molar-refractivity contribution is -0.176. The van der Waals surface area contributed by atoms with Crippen LogP contribution in [0.4, 0.5) is 8.78 Å². The van der Waals surface area contributed by atoms with Crippen molar-refractivity contribution in [2.45, 2.75) is 38.7 Å². The van der Waals surface area contributed by atoms with Crippen molar-refractivity contribution in [3.63, 3.8) is 0 Å². The first-order valence-electron chi connectivity index (χ1n) is 9.19. The predicted octanol–water partition coefficient (Wildman–Crippen LogP) is 4.00. The van der Waals surface area contributed by atoms with Crippen molar-refractivity contribution < 1.29 is 23.0 Å². The topological polar surface area (TPSA) is 39.7 Å². The summed E-state index contributed by atoms with van der Waals surface area (Å²) in [5.74, 6) is -0.0961. The second-order valence-corrected chi connectivity index (χ2v) is 6.81. The van der Waals surface area contributed by atoms with E-state index < -0.39 is 6.29 Å². The van der Waals surface area contributed by atoms with Gasteiger partial charge in [0.15, 0.2) is 6.29 Å². The molecule has 6 heteroatoms. The molecule has 0 bridgehead atoms. The Labute approximate surface area is 158 Å². The van der Waals surface area contributed by atoms with Crippen molar-refractivity contribution >= 4 is 0 Å². The first kappa shape index (κ1) is 19.7. The third-order valence-electron chi connectivity index (χ3n) is 4.23. The lowest BCUT2D eigenvalue weighted by Crippen LogP contribution is -2.43. The maximum Gasteiger partial charge on any atom is 0.176 e. The summed E-state index contributed by atoms with van der Waals surface area (Å²) in [5, 5.41) is 3.34. The second-order valence-electron chi connectivity index (χ2n) is 6.81. The van der Waals surface area contributed by atoms with Crippen LogP contribution in [-0.4, -0.2) is 32.2 Å². The highest BCUT2D eigenvalue weighted by Crippen LogP contribution is 2.24. The first-order valence-corrected chi connectivity index (χ1v) is 9.19. The molecule has 1 N–H and O–H groups in total. The van der Waals surface area contributed by atoms with Crippen LogP contribution in [0.2, 0.25) is 0 Å². The zero-order valence-corrected chi connectivity index (χ0v) is 15.6. The lowest BCUT2D eigenvalue weighted by Gasteiger charge is -2.33. The zero-order valence-electron chi connectivity index (χ0n) is 15.6. The van der Waals surface area contributed by atoms with Crippen LogP contribution in [0.1, 0.15) is 31.0 Å². The maximum absolute atomic E-state index is 13.8. The highest BCUT2D eigenvalue weighted by atomic mass is 19.1. The van der Waals surface area contributed by atoms with Crippen LogP contribution < -0.4 is 10.1 Å². The number of ether oxygens (including phenoxy) is 3. The third kappa shape index (κ3) is 5.73. The fourth-order valence-electron chi connectivity index (χ4n) is 3.07. The van der Waals surface area contributed by atoms with Crippen LogP contribution in [-0.2, 0) is 15.9 Å². The summed E-state index contributed by atoms with van der Waals surface area (Å²) in [6.07, 6.45) is 0.0283. The molecule has 0 saturated carbocycles. The van der Waals surface area contributed by atoms with E-state index in [4.69, 9.17) is 14.2 Å². The molecule has 1 aliphatic heterocycles. The van der Waals surface area contributed by atoms with Crippen LogP contribution in [0.5, 0.6) is 5.75 Å². The maximum atomic E-state index is 13.8. The Morgan fingerprint density at radius 2 is 1.89 bits per heavy atom. The quantitative estimate of drug-likeness (QED) is 0.792. The molecule has 1 aliphatic rings. The predicted molar refractivity (Wildman–Crippen MR) is 98.7 cm³/mol. The first-order chi connectivity index (χ1) is 13.0. The van der Waals surface area contributed by atoms with Crippen LogP contribution in [0.15, 0.2) is 42.5 Å². The smallest absolute Gasteiger partial charge is 0.176 e. The zero-order chi connectivity index (χ0) is 19.2. The van der Waals surface area contributed by atoms with E-state index in [2.05, 4.69) is 5.32 Å². The molecule has 2 aromatic rings. The minimum atomic E-state index is -0.482. The van der Waals surface area contributed by atoms with Gasteiger partial charge in [-0.1, -0.05) is 12.1 Å². The number of halogens is 2. The SMILES string of the molecule is CC(C)Oc1cc(F)cc(CCO[C@@H]2OCCN[C@H]2c2ccc(F)cc2)c1. The van der Waals surface area contributed by atoms with Crippen molar-refractivity contribution in [3.05, 3.63) is 65.2 Å². The molecule has 1 saturated heterocycles. The normalized spacial score (nSPS) is 20.0. The molecule has 0 radical (unpaired) electrons. The standard InChI is InChI=1S/C21H25F2NO3/c1-14(2)27-19-12-15(11-18(23)13-19)7-9-25-21-20(24-8-10-26-21)16-3-5-17(22)6-4-16/h3-6,11-14,20-21,24H,7-10H2,1-2H3/t20-,21+/m0/s1. The van der Waals surface area contributed by atoms with Gasteiger partial charge in [-0.25, -0.2) is 8.78 Å². The van der Waals surface area contributed by atoms with E-state index in [1.165, 1.54) is 24.3 Å². The Hall–Kier alpha value is -2.02. The van der Waals surface area contributed by atoms with Gasteiger partial charge in [0.1, 0.15) is 17.4 Å². The Morgan fingerprint density at radius 1 is 1.11 bits per heavy atom. The lowest BCUT2D eigenvalue weighted by atomic mass is 10.1. The Morgan fingerprint density at radius 3 is 2.63 bits per heavy atom. The van der Waals surface area contributed by atoms with Crippen molar-refractivity contribution in [2.24, 2.45) is 0 Å². The molecule has 3 rings (SSSR count). The molecule has 1 heterocycles. The number of morpholine rings is 1. The molecule has 0 aromatic heterocycles. The van der Waals surface area contributed by atoms with Gasteiger partial charge in [-0.15, -0.1) is 0 Å². The van der Waals surface area contributed by atoms with E-state index in [0.29, 0.717) is 31.9 Å². The van der Waals surface area contributed by atoms with Gasteiger partial charge in [-0.3, -0.25) is 0 Å². The number of rotatable bonds is 7. The van der Waals surface area contributed by atoms with Gasteiger partial charge in [-0.2, -0.15) is 0 Å². The largest absolute Gasteiger partial charge is 0.491 e. The highest BCUT2D eigenvalue weighted by molar-refractivity contribution is 5.30. The molecule has 0 aliphatic carbocycles. The van der Waals surface area contributed by atoms with Gasteiger partial charge in [0.05, 0.1) is 25.4 Å². The van der Waals surface area contributed by atoms with E-state index in [0.717, 1.165) is 11.1 Å². The molecule has 0 spiro atoms. The van der Waals surface area contributed by atoms with Crippen LogP contribution in [0.25, 0.3) is 0 Å². The van der Waals surface area contributed by atoms with E-state index in [1.807, 2.05) is 19.9 Å². The van der Waals surface area contributed by atoms with Crippen LogP contribution >= 0.6 is 0 Å². The summed E-state index contributed by atoms with van der Waals surface area (Å²) >= 11 is 0. The van der Waals surface area contributed by atoms with E-state index in [1.54, 1.807) is 12.1 Å². The molecule has 4 nitrogen and oxygen atoms in total. The number of benzene rings is 2. The Balaban J connectivity index is 1.60. The summed E-state index contributed by atoms with van der Waals surface area (Å²) < 4.78 is 44.2. The number of hydrogen-bond donors (Lipinski definition) is 1. The third-order valence-corrected chi connectivity index (χ3v) is 4.23. The van der Waals surface area contributed by atoms with Gasteiger partial charge in [0.25, 0.3) is 0 Å². The van der Waals surface area contributed by atoms with Gasteiger partial charge < -0.3 is 19.5 Å². The second kappa shape index (κ2) is 9.26. The molecule has 1 fully saturated rings. The summed E-state index contributed by atoms with van der Waals surface area (Å²) in [6.45, 7) is 5.40. The van der Waals surface area contributed by atoms with Gasteiger partial charge in [-0.05, 0) is 55.7 Å². The van der Waals surface area contributed by atoms with E-state index >= 15 is 0 Å². The van der Waals surface area contributed by atoms with E-state index in [9.17, 15) is 8.78 Å². The molecule has 146 valence electrons. The average Bonchev–Trinajstić information content (AvgIpc) is 2.62. The Bertz CT molecular complexity index is 737. The summed E-state index contributed by atoms with van der Waals surface area (Å²) in [7, 11) is 0. The van der Waals surface area contributed by atoms with Gasteiger partial charge in [0, 0.05) is 12.6 Å². The van der Waals surface area contributed by atoms with Crippen molar-refractivity contribution in [2.75, 3.05) is 19.8 Å². The average molecular weight is 377 g/mol. The summed E-state index contributed by atoms with van der Waals surface area (Å²) in [6, 6.07) is 10.8.